The number of nitrogens with one attached hydrogen (secondary N) is 2. The molecule has 0 spiro atoms. The Hall–Kier alpha value is -8.80. The number of ether oxygens (including phenoxy) is 3. The number of hydrogen-bond acceptors (Lipinski definition) is 11. The van der Waals surface area contributed by atoms with Crippen molar-refractivity contribution in [2.24, 2.45) is 11.8 Å². The van der Waals surface area contributed by atoms with Gasteiger partial charge in [0, 0.05) is 48.7 Å². The fourth-order valence-electron chi connectivity index (χ4n) is 13.0. The molecule has 104 heavy (non-hydrogen) atoms. The van der Waals surface area contributed by atoms with Crippen LogP contribution in [-0.2, 0) is 61.5 Å². The molecule has 4 atom stereocenters. The molecule has 6 aromatic rings. The monoisotopic (exact) mass is 1480 g/mol. The summed E-state index contributed by atoms with van der Waals surface area (Å²) >= 11 is 0. The summed E-state index contributed by atoms with van der Waals surface area (Å²) in [5.41, 5.74) is -7.59. The van der Waals surface area contributed by atoms with Crippen molar-refractivity contribution in [3.63, 3.8) is 0 Å². The third-order valence-corrected chi connectivity index (χ3v) is 18.4. The number of pyridine rings is 2. The quantitative estimate of drug-likeness (QED) is 0.0327. The zero-order chi connectivity index (χ0) is 77.4. The number of esters is 1. The standard InChI is InChI=1S/C38H44F7N3O5.C36H40F7N3O5/c1-7-53-33(50)19-29(26-16-25(17-28(35(26)39)38(43,44)45)34-22(4)9-10-31(52-6)23(34)5)46-36(51)30(15-21(2)3)48-20-24(11-14-47-12-8-13-47)27(18-32(48)49)37(40,41)42;1-19(2)13-28(46-18-22(9-12-45-10-6-11-45)25(16-30(46)47)35(38,39)40)34(50)44-27(17-31(48)49)24-14-23(15-26(33(24)37)36(41,42)43)32-20(3)7-8-29(51-5)21(32)4/h9-10,16-18,20-21,29-30H,7-8,11-15,19H2,1-6H3,(H,46,51);7-8,14-16,18-19,27-28H,6,9-13,17H2,1-5H3,(H,44,50)(H,48,49)/t29-,30?;27-,28?/m00/s1. The van der Waals surface area contributed by atoms with Gasteiger partial charge in [-0.3, -0.25) is 28.8 Å². The minimum atomic E-state index is -5.23. The van der Waals surface area contributed by atoms with Crippen LogP contribution in [0.3, 0.4) is 0 Å². The van der Waals surface area contributed by atoms with Crippen molar-refractivity contribution in [3.8, 4) is 33.8 Å². The number of aromatic nitrogens is 2. The van der Waals surface area contributed by atoms with E-state index in [1.54, 1.807) is 79.7 Å². The van der Waals surface area contributed by atoms with Gasteiger partial charge in [-0.15, -0.1) is 0 Å². The van der Waals surface area contributed by atoms with Gasteiger partial charge in [0.2, 0.25) is 11.8 Å². The highest BCUT2D eigenvalue weighted by molar-refractivity contribution is 5.84. The molecule has 2 aromatic heterocycles. The van der Waals surface area contributed by atoms with E-state index in [0.29, 0.717) is 89.8 Å². The van der Waals surface area contributed by atoms with E-state index in [9.17, 15) is 86.6 Å². The number of carbonyl (C=O) groups excluding carboxylic acids is 3. The number of alkyl halides is 12. The number of aliphatic carboxylic acids is 1. The Morgan fingerprint density at radius 2 is 0.885 bits per heavy atom. The molecule has 4 heterocycles. The number of aryl methyl sites for hydroxylation is 2. The van der Waals surface area contributed by atoms with Gasteiger partial charge in [-0.05, 0) is 203 Å². The maximum absolute atomic E-state index is 16.1. The van der Waals surface area contributed by atoms with Gasteiger partial charge in [-0.2, -0.15) is 52.7 Å². The van der Waals surface area contributed by atoms with Crippen LogP contribution in [-0.4, -0.2) is 108 Å². The van der Waals surface area contributed by atoms with E-state index in [1.807, 2.05) is 9.80 Å². The Bertz CT molecular complexity index is 4230. The largest absolute Gasteiger partial charge is 0.496 e. The van der Waals surface area contributed by atoms with Gasteiger partial charge in [-0.1, -0.05) is 39.8 Å². The van der Waals surface area contributed by atoms with Crippen molar-refractivity contribution in [3.05, 3.63) is 172 Å². The first-order valence-electron chi connectivity index (χ1n) is 33.7. The van der Waals surface area contributed by atoms with E-state index < -0.39 is 142 Å². The van der Waals surface area contributed by atoms with E-state index in [4.69, 9.17) is 14.2 Å². The smallest absolute Gasteiger partial charge is 0.419 e. The summed E-state index contributed by atoms with van der Waals surface area (Å²) in [6.07, 6.45) is -18.6. The number of methoxy groups -OCH3 is 2. The summed E-state index contributed by atoms with van der Waals surface area (Å²) in [5.74, 6) is -8.19. The van der Waals surface area contributed by atoms with Gasteiger partial charge >= 0.3 is 36.6 Å². The number of likely N-dealkylation sites (tertiary alicyclic amines) is 2. The Labute approximate surface area is 591 Å². The van der Waals surface area contributed by atoms with E-state index in [-0.39, 0.29) is 85.0 Å². The third-order valence-electron chi connectivity index (χ3n) is 18.4. The molecule has 2 saturated heterocycles. The molecule has 2 fully saturated rings. The molecule has 0 aliphatic carbocycles. The molecule has 4 aromatic carbocycles. The van der Waals surface area contributed by atoms with Gasteiger partial charge in [-0.25, -0.2) is 8.78 Å². The molecule has 8 rings (SSSR count). The molecule has 30 heteroatoms. The van der Waals surface area contributed by atoms with E-state index in [2.05, 4.69) is 10.6 Å². The van der Waals surface area contributed by atoms with Gasteiger partial charge in [0.05, 0.1) is 68.0 Å². The van der Waals surface area contributed by atoms with Crippen molar-refractivity contribution < 1.29 is 100.0 Å². The van der Waals surface area contributed by atoms with Gasteiger partial charge < -0.3 is 48.9 Å². The molecule has 2 aliphatic heterocycles. The number of carboxylic acid groups (broad SMARTS) is 1. The van der Waals surface area contributed by atoms with Crippen molar-refractivity contribution >= 4 is 23.8 Å². The van der Waals surface area contributed by atoms with Gasteiger partial charge in [0.1, 0.15) is 35.2 Å². The van der Waals surface area contributed by atoms with Crippen molar-refractivity contribution in [1.29, 1.82) is 0 Å². The summed E-state index contributed by atoms with van der Waals surface area (Å²) in [6, 6.07) is 4.01. The molecular formula is C74H84F14N6O10. The Morgan fingerprint density at radius 1 is 0.529 bits per heavy atom. The van der Waals surface area contributed by atoms with Crippen LogP contribution in [0.1, 0.15) is 164 Å². The molecule has 0 bridgehead atoms. The summed E-state index contributed by atoms with van der Waals surface area (Å²) in [4.78, 5) is 83.5. The third kappa shape index (κ3) is 20.2. The second kappa shape index (κ2) is 34.0. The van der Waals surface area contributed by atoms with Crippen molar-refractivity contribution in [2.45, 2.75) is 163 Å². The number of carbonyl (C=O) groups is 4. The number of halogens is 14. The van der Waals surface area contributed by atoms with Crippen molar-refractivity contribution in [1.82, 2.24) is 29.6 Å². The SMILES string of the molecule is CCOC(=O)C[C@H](NC(=O)C(CC(C)C)n1cc(CCN2CCC2)c(C(F)(F)F)cc1=O)c1cc(-c2c(C)ccc(OC)c2C)cc(C(F)(F)F)c1F.COc1ccc(C)c(-c2cc([C@H](CC(=O)O)NC(=O)C(CC(C)C)n3cc(CCN4CCC4)c(C(F)(F)F)cc3=O)c(F)c(C(F)(F)F)c2)c1C. The first kappa shape index (κ1) is 82.5. The normalized spacial score (nSPS) is 14.9. The Morgan fingerprint density at radius 3 is 1.18 bits per heavy atom. The zero-order valence-electron chi connectivity index (χ0n) is 59.2. The van der Waals surface area contributed by atoms with Crippen LogP contribution in [0.15, 0.2) is 82.6 Å². The van der Waals surface area contributed by atoms with Crippen LogP contribution < -0.4 is 31.2 Å². The second-order valence-electron chi connectivity index (χ2n) is 26.8. The highest BCUT2D eigenvalue weighted by Crippen LogP contribution is 2.45. The first-order valence-corrected chi connectivity index (χ1v) is 33.7. The molecule has 0 saturated carbocycles. The van der Waals surface area contributed by atoms with Crippen LogP contribution in [0.25, 0.3) is 22.3 Å². The second-order valence-corrected chi connectivity index (χ2v) is 26.8. The average Bonchev–Trinajstić information content (AvgIpc) is 0.772. The summed E-state index contributed by atoms with van der Waals surface area (Å²) in [5, 5.41) is 14.6. The van der Waals surface area contributed by atoms with Crippen LogP contribution >= 0.6 is 0 Å². The minimum absolute atomic E-state index is 0.0715. The molecule has 0 radical (unpaired) electrons. The average molecular weight is 1480 g/mol. The highest BCUT2D eigenvalue weighted by Gasteiger charge is 2.43. The number of nitrogens with zero attached hydrogens (tertiary/aromatic N) is 4. The number of hydrogen-bond donors (Lipinski definition) is 3. The fraction of sp³-hybridized carbons (Fsp3) is 0.486. The van der Waals surface area contributed by atoms with E-state index in [0.717, 1.165) is 46.5 Å². The molecule has 3 N–H and O–H groups in total. The van der Waals surface area contributed by atoms with Gasteiger partial charge in [0.25, 0.3) is 11.1 Å². The Balaban J connectivity index is 0.000000291. The number of rotatable bonds is 27. The molecule has 16 nitrogen and oxygen atoms in total. The Kier molecular flexibility index (Phi) is 26.9. The maximum atomic E-state index is 16.1. The molecule has 2 aliphatic rings. The molecule has 2 unspecified atom stereocenters. The van der Waals surface area contributed by atoms with Crippen LogP contribution in [0.4, 0.5) is 61.5 Å². The number of amides is 2. The molecule has 568 valence electrons. The van der Waals surface area contributed by atoms with Gasteiger partial charge in [0.15, 0.2) is 0 Å². The first-order chi connectivity index (χ1) is 48.5. The lowest BCUT2D eigenvalue weighted by Gasteiger charge is -2.31. The van der Waals surface area contributed by atoms with Crippen LogP contribution in [0.5, 0.6) is 11.5 Å². The van der Waals surface area contributed by atoms with E-state index >= 15 is 8.78 Å². The molecule has 2 amide bonds. The molecular weight excluding hydrogens is 1400 g/mol. The topological polar surface area (TPSA) is 191 Å². The predicted molar refractivity (Wildman–Crippen MR) is 359 cm³/mol. The lowest BCUT2D eigenvalue weighted by Crippen LogP contribution is -2.41. The van der Waals surface area contributed by atoms with E-state index in [1.165, 1.54) is 21.1 Å². The fourth-order valence-corrected chi connectivity index (χ4v) is 13.0. The number of carboxylic acids is 1. The number of benzene rings is 4. The summed E-state index contributed by atoms with van der Waals surface area (Å²) in [7, 11) is 2.75. The van der Waals surface area contributed by atoms with Crippen molar-refractivity contribution in [2.75, 3.05) is 60.1 Å². The minimum Gasteiger partial charge on any atom is -0.496 e. The lowest BCUT2D eigenvalue weighted by atomic mass is 9.89. The maximum Gasteiger partial charge on any atom is 0.419 e. The highest BCUT2D eigenvalue weighted by atomic mass is 19.4. The summed E-state index contributed by atoms with van der Waals surface area (Å²) < 4.78 is 220. The lowest BCUT2D eigenvalue weighted by molar-refractivity contribution is -0.144. The predicted octanol–water partition coefficient (Wildman–Crippen LogP) is 15.4. The zero-order valence-corrected chi connectivity index (χ0v) is 59.2. The van der Waals surface area contributed by atoms with Crippen LogP contribution in [0.2, 0.25) is 0 Å². The summed E-state index contributed by atoms with van der Waals surface area (Å²) in [6.45, 7) is 18.0. The van der Waals surface area contributed by atoms with Crippen LogP contribution in [0, 0.1) is 51.2 Å².